The van der Waals surface area contributed by atoms with Crippen molar-refractivity contribution < 1.29 is 28.9 Å². The molecule has 0 amide bonds. The lowest BCUT2D eigenvalue weighted by Gasteiger charge is -2.29. The van der Waals surface area contributed by atoms with Gasteiger partial charge in [0.15, 0.2) is 0 Å². The highest BCUT2D eigenvalue weighted by molar-refractivity contribution is 7.51. The Bertz CT molecular complexity index is 416. The van der Waals surface area contributed by atoms with Gasteiger partial charge in [0.1, 0.15) is 11.3 Å². The summed E-state index contributed by atoms with van der Waals surface area (Å²) in [5, 5.41) is 9.13. The number of rotatable bonds is 4. The van der Waals surface area contributed by atoms with Crippen molar-refractivity contribution in [2.45, 2.75) is 5.97 Å². The summed E-state index contributed by atoms with van der Waals surface area (Å²) in [6, 6.07) is 0. The average molecular weight is 325 g/mol. The minimum absolute atomic E-state index is 0.0278. The van der Waals surface area contributed by atoms with Gasteiger partial charge in [0, 0.05) is 0 Å². The van der Waals surface area contributed by atoms with Gasteiger partial charge < -0.3 is 24.4 Å². The predicted octanol–water partition coefficient (Wildman–Crippen LogP) is 1.63. The van der Waals surface area contributed by atoms with Crippen LogP contribution in [0.2, 0.25) is 0 Å². The zero-order chi connectivity index (χ0) is 13.3. The van der Waals surface area contributed by atoms with Crippen molar-refractivity contribution in [2.24, 2.45) is 0 Å². The number of ether oxygens (including phenoxy) is 2. The van der Waals surface area contributed by atoms with Crippen LogP contribution in [0.5, 0.6) is 0 Å². The Balaban J connectivity index is 2.69. The molecule has 10 heteroatoms. The van der Waals surface area contributed by atoms with E-state index in [0.29, 0.717) is 0 Å². The Morgan fingerprint density at radius 1 is 1.41 bits per heavy atom. The topological polar surface area (TPSA) is 96.2 Å². The second kappa shape index (κ2) is 5.47. The molecule has 1 heterocycles. The fraction of sp³-hybridized carbons (Fsp3) is 0.429. The van der Waals surface area contributed by atoms with Gasteiger partial charge in [-0.2, -0.15) is 0 Å². The molecule has 0 aromatic carbocycles. The predicted molar refractivity (Wildman–Crippen MR) is 61.6 cm³/mol. The minimum atomic E-state index is -4.24. The molecule has 0 spiro atoms. The highest BCUT2D eigenvalue weighted by Crippen LogP contribution is 2.39. The van der Waals surface area contributed by atoms with Crippen molar-refractivity contribution in [3.8, 4) is 0 Å². The number of halogens is 3. The molecular formula is C7H8Cl3O6P. The molecule has 3 N–H and O–H groups in total. The van der Waals surface area contributed by atoms with E-state index in [0.717, 1.165) is 6.26 Å². The summed E-state index contributed by atoms with van der Waals surface area (Å²) in [5.41, 5.74) is 0. The first-order valence-electron chi connectivity index (χ1n) is 4.16. The molecule has 0 aromatic rings. The summed E-state index contributed by atoms with van der Waals surface area (Å²) in [7, 11) is -4.24. The van der Waals surface area contributed by atoms with Crippen molar-refractivity contribution in [3.63, 3.8) is 0 Å². The van der Waals surface area contributed by atoms with Crippen LogP contribution in [0.1, 0.15) is 0 Å². The molecule has 0 bridgehead atoms. The zero-order valence-electron chi connectivity index (χ0n) is 8.14. The Labute approximate surface area is 112 Å². The van der Waals surface area contributed by atoms with Crippen LogP contribution in [0.15, 0.2) is 21.4 Å². The average Bonchev–Trinajstić information content (AvgIpc) is 2.20. The molecule has 0 saturated carbocycles. The number of aliphatic hydroxyl groups is 1. The Morgan fingerprint density at radius 2 is 2.00 bits per heavy atom. The van der Waals surface area contributed by atoms with Crippen molar-refractivity contribution in [2.75, 3.05) is 12.8 Å². The van der Waals surface area contributed by atoms with E-state index in [2.05, 4.69) is 4.74 Å². The molecule has 1 unspecified atom stereocenters. The summed E-state index contributed by atoms with van der Waals surface area (Å²) < 4.78 is 20.0. The lowest BCUT2D eigenvalue weighted by atomic mass is 10.3. The van der Waals surface area contributed by atoms with Gasteiger partial charge in [-0.25, -0.2) is 0 Å². The molecule has 17 heavy (non-hydrogen) atoms. The fourth-order valence-electron chi connectivity index (χ4n) is 0.879. The zero-order valence-corrected chi connectivity index (χ0v) is 11.3. The van der Waals surface area contributed by atoms with Crippen LogP contribution in [0, 0.1) is 0 Å². The Hall–Kier alpha value is 0.220. The van der Waals surface area contributed by atoms with E-state index >= 15 is 0 Å². The van der Waals surface area contributed by atoms with E-state index in [1.165, 1.54) is 0 Å². The largest absolute Gasteiger partial charge is 0.441 e. The third kappa shape index (κ3) is 4.12. The summed E-state index contributed by atoms with van der Waals surface area (Å²) in [5.74, 6) is -2.38. The van der Waals surface area contributed by atoms with Gasteiger partial charge in [0.25, 0.3) is 0 Å². The quantitative estimate of drug-likeness (QED) is 0.537. The smallest absolute Gasteiger partial charge is 0.366 e. The van der Waals surface area contributed by atoms with Crippen LogP contribution in [0.4, 0.5) is 0 Å². The van der Waals surface area contributed by atoms with Crippen LogP contribution in [0.25, 0.3) is 0 Å². The highest BCUT2D eigenvalue weighted by atomic mass is 35.5. The van der Waals surface area contributed by atoms with E-state index < -0.39 is 31.4 Å². The minimum Gasteiger partial charge on any atom is -0.441 e. The summed E-state index contributed by atoms with van der Waals surface area (Å²) in [4.78, 5) is 17.2. The number of allylic oxidation sites excluding steroid dienone is 2. The molecule has 1 aliphatic heterocycles. The van der Waals surface area contributed by atoms with Gasteiger partial charge in [0.05, 0.1) is 22.8 Å². The molecule has 6 nitrogen and oxygen atoms in total. The molecule has 0 aliphatic carbocycles. The van der Waals surface area contributed by atoms with Gasteiger partial charge in [-0.1, -0.05) is 34.8 Å². The first-order chi connectivity index (χ1) is 7.66. The monoisotopic (exact) mass is 324 g/mol. The van der Waals surface area contributed by atoms with Crippen LogP contribution < -0.4 is 0 Å². The highest BCUT2D eigenvalue weighted by Gasteiger charge is 2.40. The van der Waals surface area contributed by atoms with Gasteiger partial charge in [-0.3, -0.25) is 4.57 Å². The number of hydrogen-bond acceptors (Lipinski definition) is 4. The molecule has 1 rings (SSSR count). The normalized spacial score (nSPS) is 25.6. The number of hydrogen-bond donors (Lipinski definition) is 3. The maximum atomic E-state index is 10.6. The molecule has 1 atom stereocenters. The van der Waals surface area contributed by atoms with Crippen molar-refractivity contribution in [1.82, 2.24) is 0 Å². The fourth-order valence-corrected chi connectivity index (χ4v) is 1.76. The molecule has 0 aromatic heterocycles. The van der Waals surface area contributed by atoms with Crippen LogP contribution in [-0.4, -0.2) is 33.6 Å². The van der Waals surface area contributed by atoms with Crippen molar-refractivity contribution >= 4 is 42.4 Å². The summed E-state index contributed by atoms with van der Waals surface area (Å²) >= 11 is 16.9. The first kappa shape index (κ1) is 15.3. The van der Waals surface area contributed by atoms with Gasteiger partial charge >= 0.3 is 13.6 Å². The van der Waals surface area contributed by atoms with Crippen molar-refractivity contribution in [3.05, 3.63) is 21.4 Å². The maximum absolute atomic E-state index is 10.6. The molecule has 0 radical (unpaired) electrons. The molecule has 1 aliphatic rings. The molecule has 98 valence electrons. The Morgan fingerprint density at radius 3 is 2.53 bits per heavy atom. The van der Waals surface area contributed by atoms with E-state index in [1.807, 2.05) is 0 Å². The van der Waals surface area contributed by atoms with Gasteiger partial charge in [-0.15, -0.1) is 0 Å². The van der Waals surface area contributed by atoms with E-state index in [4.69, 9.17) is 49.3 Å². The first-order valence-corrected chi connectivity index (χ1v) is 7.09. The molecule has 0 saturated heterocycles. The third-order valence-corrected chi connectivity index (χ3v) is 3.74. The van der Waals surface area contributed by atoms with Crippen LogP contribution in [0.3, 0.4) is 0 Å². The van der Waals surface area contributed by atoms with Crippen LogP contribution in [-0.2, 0) is 14.0 Å². The van der Waals surface area contributed by atoms with Crippen molar-refractivity contribution in [1.29, 1.82) is 0 Å². The molecule has 0 fully saturated rings. The van der Waals surface area contributed by atoms with E-state index in [-0.39, 0.29) is 10.1 Å². The van der Waals surface area contributed by atoms with Gasteiger partial charge in [0.2, 0.25) is 0 Å². The maximum Gasteiger partial charge on any atom is 0.366 e. The second-order valence-electron chi connectivity index (χ2n) is 3.03. The Kier molecular flexibility index (Phi) is 4.91. The SMILES string of the molecule is O=P(O)(O)CCOC1(O)OC=C(Cl)C(Cl)=C1Cl. The lowest BCUT2D eigenvalue weighted by Crippen LogP contribution is -2.37. The van der Waals surface area contributed by atoms with E-state index in [1.54, 1.807) is 0 Å². The molecular weight excluding hydrogens is 317 g/mol. The second-order valence-corrected chi connectivity index (χ2v) is 5.97. The standard InChI is InChI=1S/C7H8Cl3O6P/c8-4-3-16-7(11,6(10)5(4)9)15-1-2-17(12,13)14/h3,11H,1-2H2,(H2,12,13,14). The van der Waals surface area contributed by atoms with Crippen LogP contribution >= 0.6 is 42.4 Å². The van der Waals surface area contributed by atoms with Gasteiger partial charge in [-0.05, 0) is 0 Å². The van der Waals surface area contributed by atoms with E-state index in [9.17, 15) is 9.67 Å². The summed E-state index contributed by atoms with van der Waals surface area (Å²) in [6.45, 7) is -0.480. The third-order valence-electron chi connectivity index (χ3n) is 1.68. The lowest BCUT2D eigenvalue weighted by molar-refractivity contribution is -0.307. The summed E-state index contributed by atoms with van der Waals surface area (Å²) in [6.07, 6.45) is 0.311.